The third kappa shape index (κ3) is 56.2. The van der Waals surface area contributed by atoms with Crippen molar-refractivity contribution < 1.29 is 20.0 Å². The van der Waals surface area contributed by atoms with E-state index in [4.69, 9.17) is 20.0 Å². The Labute approximate surface area is 59.4 Å². The second-order valence-corrected chi connectivity index (χ2v) is 2.66. The minimum atomic E-state index is -2.15. The van der Waals surface area contributed by atoms with Crippen LogP contribution in [0.5, 0.6) is 0 Å². The third-order valence-electron chi connectivity index (χ3n) is 0.264. The normalized spacial score (nSPS) is 12.3. The van der Waals surface area contributed by atoms with Crippen molar-refractivity contribution in [2.24, 2.45) is 0 Å². The van der Waals surface area contributed by atoms with Gasteiger partial charge in [-0.05, 0) is 18.2 Å². The van der Waals surface area contributed by atoms with Gasteiger partial charge in [0, 0.05) is 0 Å². The fraction of sp³-hybridized carbons (Fsp3) is 1.00. The minimum Gasteiger partial charge on any atom is -0.394 e. The molecule has 0 aromatic carbocycles. The van der Waals surface area contributed by atoms with Gasteiger partial charge >= 0.3 is 0 Å². The topological polar surface area (TPSA) is 80.9 Å². The van der Waals surface area contributed by atoms with E-state index in [-0.39, 0.29) is 6.61 Å². The number of halogens is 1. The quantitative estimate of drug-likeness (QED) is 0.417. The lowest BCUT2D eigenvalue weighted by Gasteiger charge is -1.90. The van der Waals surface area contributed by atoms with Gasteiger partial charge in [-0.2, -0.15) is 0 Å². The van der Waals surface area contributed by atoms with Crippen LogP contribution in [0, 0.1) is 0 Å². The number of hydrogen-bond donors (Lipinski definition) is 4. The van der Waals surface area contributed by atoms with Crippen molar-refractivity contribution in [1.82, 2.24) is 0 Å². The summed E-state index contributed by atoms with van der Waals surface area (Å²) in [7, 11) is -2.15. The maximum absolute atomic E-state index is 8.11. The monoisotopic (exact) mass is 176 g/mol. The standard InChI is InChI=1S/C3H8O2.ClH2O2P/c1-3(5)2-4;1-4(2)3/h3-5H,2H2,1H3;2-3H. The van der Waals surface area contributed by atoms with Crippen LogP contribution < -0.4 is 0 Å². The van der Waals surface area contributed by atoms with Gasteiger partial charge in [-0.15, -0.1) is 0 Å². The zero-order chi connectivity index (χ0) is 7.86. The molecule has 6 heteroatoms. The van der Waals surface area contributed by atoms with E-state index in [2.05, 4.69) is 11.2 Å². The molecule has 0 fully saturated rings. The van der Waals surface area contributed by atoms with Gasteiger partial charge in [-0.1, -0.05) is 0 Å². The van der Waals surface area contributed by atoms with E-state index in [9.17, 15) is 0 Å². The smallest absolute Gasteiger partial charge is 0.271 e. The molecule has 58 valence electrons. The Bertz CT molecular complexity index is 48.3. The lowest BCUT2D eigenvalue weighted by Crippen LogP contribution is -2.03. The van der Waals surface area contributed by atoms with E-state index in [0.717, 1.165) is 0 Å². The van der Waals surface area contributed by atoms with Crippen LogP contribution in [0.3, 0.4) is 0 Å². The second kappa shape index (κ2) is 8.56. The van der Waals surface area contributed by atoms with Gasteiger partial charge < -0.3 is 20.0 Å². The molecular weight excluding hydrogens is 166 g/mol. The number of aliphatic hydroxyl groups is 2. The first-order valence-corrected chi connectivity index (χ1v) is 4.28. The van der Waals surface area contributed by atoms with Gasteiger partial charge in [0.15, 0.2) is 0 Å². The molecular formula is C3H10ClO4P. The molecule has 4 N–H and O–H groups in total. The van der Waals surface area contributed by atoms with Crippen LogP contribution in [0.1, 0.15) is 6.92 Å². The Kier molecular flexibility index (Phi) is 11.7. The van der Waals surface area contributed by atoms with Crippen LogP contribution in [0.4, 0.5) is 0 Å². The molecule has 0 saturated carbocycles. The highest BCUT2D eigenvalue weighted by Crippen LogP contribution is 2.27. The summed E-state index contributed by atoms with van der Waals surface area (Å²) in [5.74, 6) is 0. The molecule has 0 radical (unpaired) electrons. The van der Waals surface area contributed by atoms with Crippen LogP contribution in [-0.2, 0) is 0 Å². The van der Waals surface area contributed by atoms with Gasteiger partial charge in [-0.3, -0.25) is 0 Å². The van der Waals surface area contributed by atoms with Crippen molar-refractivity contribution >= 4 is 19.0 Å². The van der Waals surface area contributed by atoms with E-state index in [1.54, 1.807) is 0 Å². The molecule has 0 aliphatic heterocycles. The van der Waals surface area contributed by atoms with Crippen LogP contribution in [0.25, 0.3) is 0 Å². The summed E-state index contributed by atoms with van der Waals surface area (Å²) in [6.45, 7) is 1.39. The number of aliphatic hydroxyl groups excluding tert-OH is 2. The van der Waals surface area contributed by atoms with Crippen LogP contribution in [0.2, 0.25) is 0 Å². The molecule has 0 aromatic rings. The molecule has 0 aliphatic rings. The third-order valence-corrected chi connectivity index (χ3v) is 0.264. The summed E-state index contributed by atoms with van der Waals surface area (Å²) >= 11 is 4.45. The molecule has 0 amide bonds. The molecule has 0 rings (SSSR count). The Morgan fingerprint density at radius 3 is 1.67 bits per heavy atom. The van der Waals surface area contributed by atoms with Gasteiger partial charge in [0.2, 0.25) is 0 Å². The second-order valence-electron chi connectivity index (χ2n) is 1.27. The van der Waals surface area contributed by atoms with Gasteiger partial charge in [0.1, 0.15) is 0 Å². The summed E-state index contributed by atoms with van der Waals surface area (Å²) in [6.07, 6.45) is -0.560. The Morgan fingerprint density at radius 1 is 1.56 bits per heavy atom. The molecule has 0 aromatic heterocycles. The van der Waals surface area contributed by atoms with E-state index in [0.29, 0.717) is 0 Å². The highest BCUT2D eigenvalue weighted by molar-refractivity contribution is 7.74. The zero-order valence-corrected chi connectivity index (χ0v) is 6.55. The fourth-order valence-corrected chi connectivity index (χ4v) is 0. The van der Waals surface area contributed by atoms with Gasteiger partial charge in [0.25, 0.3) is 7.73 Å². The Hall–Kier alpha value is 0.560. The molecule has 0 heterocycles. The molecule has 0 spiro atoms. The van der Waals surface area contributed by atoms with Crippen molar-refractivity contribution in [3.63, 3.8) is 0 Å². The zero-order valence-electron chi connectivity index (χ0n) is 4.90. The van der Waals surface area contributed by atoms with Crippen molar-refractivity contribution in [2.75, 3.05) is 6.61 Å². The molecule has 1 unspecified atom stereocenters. The first-order valence-electron chi connectivity index (χ1n) is 2.13. The average molecular weight is 177 g/mol. The SMILES string of the molecule is CC(O)CO.OP(O)Cl. The minimum absolute atomic E-state index is 0.139. The fourth-order valence-electron chi connectivity index (χ4n) is 0. The van der Waals surface area contributed by atoms with Crippen molar-refractivity contribution in [1.29, 1.82) is 0 Å². The number of hydrogen-bond acceptors (Lipinski definition) is 4. The van der Waals surface area contributed by atoms with Crippen molar-refractivity contribution in [3.8, 4) is 0 Å². The van der Waals surface area contributed by atoms with E-state index in [1.165, 1.54) is 6.92 Å². The Balaban J connectivity index is 0. The number of rotatable bonds is 1. The highest BCUT2D eigenvalue weighted by Gasteiger charge is 1.83. The predicted molar refractivity (Wildman–Crippen MR) is 36.0 cm³/mol. The molecule has 4 nitrogen and oxygen atoms in total. The predicted octanol–water partition coefficient (Wildman–Crippen LogP) is -0.204. The summed E-state index contributed by atoms with van der Waals surface area (Å²) < 4.78 is 0. The van der Waals surface area contributed by atoms with Gasteiger partial charge in [-0.25, -0.2) is 0 Å². The van der Waals surface area contributed by atoms with Crippen molar-refractivity contribution in [2.45, 2.75) is 13.0 Å². The van der Waals surface area contributed by atoms with E-state index >= 15 is 0 Å². The van der Waals surface area contributed by atoms with Crippen LogP contribution >= 0.6 is 19.0 Å². The lowest BCUT2D eigenvalue weighted by atomic mass is 10.5. The van der Waals surface area contributed by atoms with E-state index < -0.39 is 13.8 Å². The molecule has 0 bridgehead atoms. The first-order chi connectivity index (χ1) is 4.00. The largest absolute Gasteiger partial charge is 0.394 e. The highest BCUT2D eigenvalue weighted by atomic mass is 35.7. The molecule has 0 aliphatic carbocycles. The average Bonchev–Trinajstić information content (AvgIpc) is 1.65. The first kappa shape index (κ1) is 12.3. The lowest BCUT2D eigenvalue weighted by molar-refractivity contribution is 0.110. The molecule has 1 atom stereocenters. The summed E-state index contributed by atoms with van der Waals surface area (Å²) in [6, 6.07) is 0. The molecule has 9 heavy (non-hydrogen) atoms. The summed E-state index contributed by atoms with van der Waals surface area (Å²) in [4.78, 5) is 14.9. The maximum Gasteiger partial charge on any atom is 0.271 e. The van der Waals surface area contributed by atoms with Crippen LogP contribution in [0.15, 0.2) is 0 Å². The van der Waals surface area contributed by atoms with Crippen LogP contribution in [-0.4, -0.2) is 32.7 Å². The van der Waals surface area contributed by atoms with Gasteiger partial charge in [0.05, 0.1) is 12.7 Å². The summed E-state index contributed by atoms with van der Waals surface area (Å²) in [5.41, 5.74) is 0. The van der Waals surface area contributed by atoms with Crippen molar-refractivity contribution in [3.05, 3.63) is 0 Å². The summed E-state index contributed by atoms with van der Waals surface area (Å²) in [5, 5.41) is 16.0. The maximum atomic E-state index is 8.11. The molecule has 0 saturated heterocycles. The van der Waals surface area contributed by atoms with E-state index in [1.807, 2.05) is 0 Å². The Morgan fingerprint density at radius 2 is 1.67 bits per heavy atom.